The second-order valence-corrected chi connectivity index (χ2v) is 7.79. The summed E-state index contributed by atoms with van der Waals surface area (Å²) in [7, 11) is 0. The molecular weight excluding hydrogens is 314 g/mol. The summed E-state index contributed by atoms with van der Waals surface area (Å²) in [5.74, 6) is 1.18. The highest BCUT2D eigenvalue weighted by Crippen LogP contribution is 2.33. The van der Waals surface area contributed by atoms with Crippen molar-refractivity contribution in [2.75, 3.05) is 12.3 Å². The number of rotatable bonds is 8. The Balaban J connectivity index is 1.39. The van der Waals surface area contributed by atoms with Crippen LogP contribution in [0.1, 0.15) is 42.6 Å². The van der Waals surface area contributed by atoms with Gasteiger partial charge in [-0.2, -0.15) is 0 Å². The van der Waals surface area contributed by atoms with E-state index in [1.165, 1.54) is 21.8 Å². The largest absolute Gasteiger partial charge is 0.388 e. The molecule has 0 aliphatic carbocycles. The minimum Gasteiger partial charge on any atom is -0.388 e. The van der Waals surface area contributed by atoms with Crippen LogP contribution in [0.4, 0.5) is 0 Å². The Hall–Kier alpha value is -1.29. The number of thioether (sulfide) groups is 1. The molecule has 2 N–H and O–H groups in total. The van der Waals surface area contributed by atoms with E-state index in [1.807, 2.05) is 11.8 Å². The van der Waals surface area contributed by atoms with Gasteiger partial charge in [-0.25, -0.2) is 0 Å². The molecule has 0 fully saturated rings. The van der Waals surface area contributed by atoms with Gasteiger partial charge in [0.1, 0.15) is 0 Å². The van der Waals surface area contributed by atoms with E-state index in [0.717, 1.165) is 37.8 Å². The first-order chi connectivity index (χ1) is 11.7. The van der Waals surface area contributed by atoms with Gasteiger partial charge in [0.25, 0.3) is 0 Å². The molecule has 1 aliphatic heterocycles. The molecule has 2 aromatic rings. The lowest BCUT2D eigenvalue weighted by molar-refractivity contribution is 0.165. The predicted octanol–water partition coefficient (Wildman–Crippen LogP) is 4.37. The number of nitrogens with one attached hydrogen (secondary N) is 1. The lowest BCUT2D eigenvalue weighted by Crippen LogP contribution is -2.28. The van der Waals surface area contributed by atoms with Crippen LogP contribution in [0.5, 0.6) is 0 Å². The fourth-order valence-electron chi connectivity index (χ4n) is 3.18. The molecule has 0 aromatic heterocycles. The molecule has 2 atom stereocenters. The summed E-state index contributed by atoms with van der Waals surface area (Å²) < 4.78 is 0. The van der Waals surface area contributed by atoms with Crippen LogP contribution in [0.2, 0.25) is 0 Å². The summed E-state index contributed by atoms with van der Waals surface area (Å²) in [6, 6.07) is 17.5. The van der Waals surface area contributed by atoms with E-state index >= 15 is 0 Å². The number of aliphatic hydroxyl groups is 1. The molecule has 2 nitrogen and oxygen atoms in total. The summed E-state index contributed by atoms with van der Waals surface area (Å²) in [6.45, 7) is 3.07. The first-order valence-corrected chi connectivity index (χ1v) is 9.92. The Kier molecular flexibility index (Phi) is 6.36. The smallest absolute Gasteiger partial charge is 0.0802 e. The highest BCUT2D eigenvalue weighted by Gasteiger charge is 2.15. The van der Waals surface area contributed by atoms with Crippen molar-refractivity contribution in [3.05, 3.63) is 65.2 Å². The van der Waals surface area contributed by atoms with Gasteiger partial charge < -0.3 is 10.4 Å². The Morgan fingerprint density at radius 2 is 1.96 bits per heavy atom. The van der Waals surface area contributed by atoms with Crippen molar-refractivity contribution < 1.29 is 5.11 Å². The van der Waals surface area contributed by atoms with E-state index < -0.39 is 0 Å². The number of hydrogen-bond donors (Lipinski definition) is 2. The zero-order valence-corrected chi connectivity index (χ0v) is 15.2. The molecule has 2 unspecified atom stereocenters. The van der Waals surface area contributed by atoms with Gasteiger partial charge in [-0.3, -0.25) is 0 Å². The zero-order chi connectivity index (χ0) is 16.8. The molecule has 3 heteroatoms. The number of aliphatic hydroxyl groups excluding tert-OH is 1. The van der Waals surface area contributed by atoms with Crippen molar-refractivity contribution in [1.29, 1.82) is 0 Å². The van der Waals surface area contributed by atoms with Gasteiger partial charge in [0.15, 0.2) is 0 Å². The molecule has 0 saturated carbocycles. The van der Waals surface area contributed by atoms with Gasteiger partial charge in [-0.15, -0.1) is 11.8 Å². The Bertz CT molecular complexity index is 644. The lowest BCUT2D eigenvalue weighted by Gasteiger charge is -2.17. The molecule has 2 aromatic carbocycles. The first kappa shape index (κ1) is 17.5. The van der Waals surface area contributed by atoms with Gasteiger partial charge >= 0.3 is 0 Å². The van der Waals surface area contributed by atoms with Crippen LogP contribution in [0.25, 0.3) is 0 Å². The van der Waals surface area contributed by atoms with Gasteiger partial charge in [-0.1, -0.05) is 42.5 Å². The summed E-state index contributed by atoms with van der Waals surface area (Å²) in [5.41, 5.74) is 3.86. The van der Waals surface area contributed by atoms with Gasteiger partial charge in [0, 0.05) is 16.7 Å². The van der Waals surface area contributed by atoms with Crippen molar-refractivity contribution in [1.82, 2.24) is 5.32 Å². The second-order valence-electron chi connectivity index (χ2n) is 6.65. The van der Waals surface area contributed by atoms with E-state index in [1.54, 1.807) is 0 Å². The molecule has 1 heterocycles. The average molecular weight is 342 g/mol. The molecule has 128 valence electrons. The molecule has 0 saturated heterocycles. The Morgan fingerprint density at radius 1 is 1.12 bits per heavy atom. The highest BCUT2D eigenvalue weighted by molar-refractivity contribution is 7.99. The fourth-order valence-corrected chi connectivity index (χ4v) is 4.23. The van der Waals surface area contributed by atoms with Gasteiger partial charge in [0.2, 0.25) is 0 Å². The van der Waals surface area contributed by atoms with Crippen LogP contribution in [0.15, 0.2) is 53.4 Å². The van der Waals surface area contributed by atoms with Crippen LogP contribution in [0.3, 0.4) is 0 Å². The molecule has 0 amide bonds. The van der Waals surface area contributed by atoms with Crippen LogP contribution < -0.4 is 5.32 Å². The normalized spacial score (nSPS) is 15.9. The molecule has 0 bridgehead atoms. The van der Waals surface area contributed by atoms with Crippen molar-refractivity contribution in [3.63, 3.8) is 0 Å². The minimum atomic E-state index is -0.366. The number of benzene rings is 2. The summed E-state index contributed by atoms with van der Waals surface area (Å²) in [6.07, 6.45) is 3.75. The number of fused-ring (bicyclic) bond motifs is 1. The second kappa shape index (κ2) is 8.70. The van der Waals surface area contributed by atoms with E-state index in [4.69, 9.17) is 0 Å². The van der Waals surface area contributed by atoms with Gasteiger partial charge in [-0.05, 0) is 61.9 Å². The summed E-state index contributed by atoms with van der Waals surface area (Å²) in [4.78, 5) is 1.39. The van der Waals surface area contributed by atoms with Crippen LogP contribution in [0, 0.1) is 0 Å². The van der Waals surface area contributed by atoms with E-state index in [9.17, 15) is 5.11 Å². The third-order valence-electron chi connectivity index (χ3n) is 4.72. The van der Waals surface area contributed by atoms with Crippen molar-refractivity contribution >= 4 is 11.8 Å². The van der Waals surface area contributed by atoms with Gasteiger partial charge in [0.05, 0.1) is 6.10 Å². The molecule has 1 aliphatic rings. The topological polar surface area (TPSA) is 32.3 Å². The van der Waals surface area contributed by atoms with Crippen LogP contribution >= 0.6 is 11.8 Å². The van der Waals surface area contributed by atoms with Crippen LogP contribution in [-0.2, 0) is 12.8 Å². The minimum absolute atomic E-state index is 0.366. The predicted molar refractivity (Wildman–Crippen MR) is 103 cm³/mol. The molecule has 24 heavy (non-hydrogen) atoms. The number of hydrogen-bond acceptors (Lipinski definition) is 3. The fraction of sp³-hybridized carbons (Fsp3) is 0.429. The first-order valence-electron chi connectivity index (χ1n) is 8.93. The lowest BCUT2D eigenvalue weighted by atomic mass is 10.0. The van der Waals surface area contributed by atoms with E-state index in [2.05, 4.69) is 60.8 Å². The van der Waals surface area contributed by atoms with Crippen molar-refractivity contribution in [2.45, 2.75) is 49.6 Å². The maximum atomic E-state index is 10.4. The Labute approximate surface area is 149 Å². The van der Waals surface area contributed by atoms with Crippen LogP contribution in [-0.4, -0.2) is 23.4 Å². The molecule has 0 spiro atoms. The van der Waals surface area contributed by atoms with E-state index in [-0.39, 0.29) is 6.10 Å². The van der Waals surface area contributed by atoms with E-state index in [0.29, 0.717) is 6.04 Å². The molecular formula is C21H27NOS. The quantitative estimate of drug-likeness (QED) is 0.748. The van der Waals surface area contributed by atoms with Crippen molar-refractivity contribution in [3.8, 4) is 0 Å². The molecule has 3 rings (SSSR count). The summed E-state index contributed by atoms with van der Waals surface area (Å²) >= 11 is 1.92. The molecule has 0 radical (unpaired) electrons. The zero-order valence-electron chi connectivity index (χ0n) is 14.4. The number of aryl methyl sites for hydroxylation is 2. The third kappa shape index (κ3) is 4.85. The Morgan fingerprint density at radius 3 is 2.79 bits per heavy atom. The highest BCUT2D eigenvalue weighted by atomic mass is 32.2. The maximum absolute atomic E-state index is 10.4. The summed E-state index contributed by atoms with van der Waals surface area (Å²) in [5, 5.41) is 14.0. The average Bonchev–Trinajstić information content (AvgIpc) is 3.08. The monoisotopic (exact) mass is 341 g/mol. The maximum Gasteiger partial charge on any atom is 0.0802 e. The van der Waals surface area contributed by atoms with Crippen molar-refractivity contribution in [2.24, 2.45) is 0 Å². The standard InChI is InChI=1S/C21H27NOS/c1-16(7-8-17-5-3-2-4-6-17)22-13-11-20(23)18-9-10-21-19(15-18)12-14-24-21/h2-6,9-10,15-16,20,22-23H,7-8,11-14H2,1H3. The third-order valence-corrected chi connectivity index (χ3v) is 5.84. The SMILES string of the molecule is CC(CCc1ccccc1)NCCC(O)c1ccc2c(c1)CCS2.